The van der Waals surface area contributed by atoms with E-state index in [2.05, 4.69) is 111 Å². The normalized spacial score (nSPS) is 16.4. The molecule has 0 amide bonds. The number of pyridine rings is 1. The van der Waals surface area contributed by atoms with E-state index in [0.29, 0.717) is 0 Å². The maximum atomic E-state index is 4.80. The average molecular weight is 500 g/mol. The van der Waals surface area contributed by atoms with Gasteiger partial charge in [0.25, 0.3) is 0 Å². The van der Waals surface area contributed by atoms with Crippen molar-refractivity contribution >= 4 is 29.1 Å². The number of hydrogen-bond acceptors (Lipinski definition) is 3. The Bertz CT molecular complexity index is 1620. The molecule has 4 aromatic rings. The van der Waals surface area contributed by atoms with Crippen LogP contribution in [0.3, 0.4) is 0 Å². The molecule has 0 bridgehead atoms. The van der Waals surface area contributed by atoms with Crippen LogP contribution in [0.25, 0.3) is 27.8 Å². The highest BCUT2D eigenvalue weighted by molar-refractivity contribution is 8.05. The molecule has 0 unspecified atom stereocenters. The minimum atomic E-state index is -0.0481. The lowest BCUT2D eigenvalue weighted by atomic mass is 9.81. The molecule has 1 aliphatic heterocycles. The summed E-state index contributed by atoms with van der Waals surface area (Å²) in [5, 5.41) is 0. The SMILES string of the molecule is CC1(C)c2cc(-c3ccc(C4=CC=CCC=C4)nc3)ccc2-c2cc3c(cc21)Sc1ccccc1S3. The van der Waals surface area contributed by atoms with Gasteiger partial charge in [0, 0.05) is 36.8 Å². The molecule has 2 aliphatic carbocycles. The number of allylic oxidation sites excluding steroid dienone is 6. The van der Waals surface area contributed by atoms with Gasteiger partial charge < -0.3 is 0 Å². The Balaban J connectivity index is 1.26. The molecule has 0 atom stereocenters. The van der Waals surface area contributed by atoms with Gasteiger partial charge in [-0.15, -0.1) is 0 Å². The Labute approximate surface area is 221 Å². The van der Waals surface area contributed by atoms with Crippen LogP contribution in [-0.4, -0.2) is 4.98 Å². The largest absolute Gasteiger partial charge is 0.256 e. The summed E-state index contributed by atoms with van der Waals surface area (Å²) >= 11 is 3.79. The predicted octanol–water partition coefficient (Wildman–Crippen LogP) is 9.57. The molecule has 0 saturated heterocycles. The van der Waals surface area contributed by atoms with Gasteiger partial charge >= 0.3 is 0 Å². The smallest absolute Gasteiger partial charge is 0.0702 e. The lowest BCUT2D eigenvalue weighted by Gasteiger charge is -2.24. The third-order valence-corrected chi connectivity index (χ3v) is 9.93. The third-order valence-electron chi connectivity index (χ3n) is 7.40. The van der Waals surface area contributed by atoms with Gasteiger partial charge in [-0.2, -0.15) is 0 Å². The highest BCUT2D eigenvalue weighted by atomic mass is 32.2. The fourth-order valence-corrected chi connectivity index (χ4v) is 7.70. The fourth-order valence-electron chi connectivity index (χ4n) is 5.42. The summed E-state index contributed by atoms with van der Waals surface area (Å²) in [7, 11) is 0. The number of rotatable bonds is 2. The second-order valence-corrected chi connectivity index (χ2v) is 12.2. The van der Waals surface area contributed by atoms with Crippen LogP contribution in [0.1, 0.15) is 37.1 Å². The van der Waals surface area contributed by atoms with Crippen molar-refractivity contribution in [2.24, 2.45) is 0 Å². The van der Waals surface area contributed by atoms with Crippen LogP contribution in [0, 0.1) is 0 Å². The molecule has 2 heterocycles. The maximum absolute atomic E-state index is 4.80. The van der Waals surface area contributed by atoms with E-state index in [1.807, 2.05) is 29.7 Å². The molecule has 0 saturated carbocycles. The van der Waals surface area contributed by atoms with Crippen LogP contribution in [0.5, 0.6) is 0 Å². The minimum absolute atomic E-state index is 0.0481. The van der Waals surface area contributed by atoms with Gasteiger partial charge in [0.15, 0.2) is 0 Å². The van der Waals surface area contributed by atoms with Crippen molar-refractivity contribution in [3.63, 3.8) is 0 Å². The molecule has 7 rings (SSSR count). The molecule has 3 heteroatoms. The molecule has 36 heavy (non-hydrogen) atoms. The van der Waals surface area contributed by atoms with E-state index in [9.17, 15) is 0 Å². The fraction of sp³-hybridized carbons (Fsp3) is 0.121. The monoisotopic (exact) mass is 499 g/mol. The number of nitrogens with zero attached hydrogens (tertiary/aromatic N) is 1. The zero-order valence-electron chi connectivity index (χ0n) is 20.3. The average Bonchev–Trinajstić information content (AvgIpc) is 3.09. The standard InChI is InChI=1S/C33H25NS2/c1-33(2)26-17-22(23-14-16-28(34-20-23)21-9-5-3-4-6-10-21)13-15-24(26)25-18-31-32(19-27(25)33)36-30-12-8-7-11-29(30)35-31/h3,5-20H,4H2,1-2H3. The summed E-state index contributed by atoms with van der Waals surface area (Å²) < 4.78 is 0. The van der Waals surface area contributed by atoms with Crippen LogP contribution in [0.4, 0.5) is 0 Å². The van der Waals surface area contributed by atoms with Crippen molar-refractivity contribution in [3.05, 3.63) is 120 Å². The van der Waals surface area contributed by atoms with Gasteiger partial charge in [-0.05, 0) is 76.2 Å². The maximum Gasteiger partial charge on any atom is 0.0702 e. The van der Waals surface area contributed by atoms with Gasteiger partial charge in [-0.1, -0.05) is 98.1 Å². The second-order valence-electron chi connectivity index (χ2n) is 10.0. The highest BCUT2D eigenvalue weighted by Gasteiger charge is 2.37. The van der Waals surface area contributed by atoms with E-state index in [1.165, 1.54) is 47.4 Å². The number of hydrogen-bond donors (Lipinski definition) is 0. The molecule has 3 aliphatic rings. The third kappa shape index (κ3) is 3.53. The molecule has 0 fully saturated rings. The van der Waals surface area contributed by atoms with Crippen molar-refractivity contribution in [1.82, 2.24) is 4.98 Å². The van der Waals surface area contributed by atoms with Gasteiger partial charge in [0.05, 0.1) is 5.69 Å². The van der Waals surface area contributed by atoms with Crippen molar-refractivity contribution in [1.29, 1.82) is 0 Å². The molecule has 3 aromatic carbocycles. The number of benzene rings is 3. The summed E-state index contributed by atoms with van der Waals surface area (Å²) in [6.07, 6.45) is 13.7. The van der Waals surface area contributed by atoms with E-state index in [0.717, 1.165) is 23.3 Å². The molecule has 1 aromatic heterocycles. The van der Waals surface area contributed by atoms with Crippen molar-refractivity contribution in [2.75, 3.05) is 0 Å². The summed E-state index contributed by atoms with van der Waals surface area (Å²) in [5.41, 5.74) is 10.1. The summed E-state index contributed by atoms with van der Waals surface area (Å²) in [5.74, 6) is 0. The van der Waals surface area contributed by atoms with E-state index in [-0.39, 0.29) is 5.41 Å². The minimum Gasteiger partial charge on any atom is -0.256 e. The van der Waals surface area contributed by atoms with Gasteiger partial charge in [-0.25, -0.2) is 0 Å². The Hall–Kier alpha value is -3.27. The molecule has 0 N–H and O–H groups in total. The Morgan fingerprint density at radius 1 is 0.722 bits per heavy atom. The first-order valence-electron chi connectivity index (χ1n) is 12.4. The topological polar surface area (TPSA) is 12.9 Å². The van der Waals surface area contributed by atoms with E-state index in [4.69, 9.17) is 4.98 Å². The molecule has 0 radical (unpaired) electrons. The van der Waals surface area contributed by atoms with Crippen LogP contribution >= 0.6 is 23.5 Å². The van der Waals surface area contributed by atoms with Crippen LogP contribution < -0.4 is 0 Å². The lowest BCUT2D eigenvalue weighted by molar-refractivity contribution is 0.658. The molecular weight excluding hydrogens is 475 g/mol. The van der Waals surface area contributed by atoms with E-state index in [1.54, 1.807) is 0 Å². The molecule has 0 spiro atoms. The van der Waals surface area contributed by atoms with Crippen molar-refractivity contribution in [2.45, 2.75) is 45.3 Å². The van der Waals surface area contributed by atoms with Crippen LogP contribution in [0.2, 0.25) is 0 Å². The van der Waals surface area contributed by atoms with Gasteiger partial charge in [0.2, 0.25) is 0 Å². The van der Waals surface area contributed by atoms with Crippen molar-refractivity contribution < 1.29 is 0 Å². The summed E-state index contributed by atoms with van der Waals surface area (Å²) in [6, 6.07) is 24.9. The Morgan fingerprint density at radius 2 is 1.47 bits per heavy atom. The lowest BCUT2D eigenvalue weighted by Crippen LogP contribution is -2.15. The van der Waals surface area contributed by atoms with E-state index < -0.39 is 0 Å². The molecular formula is C33H25NS2. The first kappa shape index (κ1) is 22.0. The first-order valence-corrected chi connectivity index (χ1v) is 14.0. The molecule has 174 valence electrons. The van der Waals surface area contributed by atoms with Crippen LogP contribution in [0.15, 0.2) is 123 Å². The second kappa shape index (κ2) is 8.40. The number of fused-ring (bicyclic) bond motifs is 5. The van der Waals surface area contributed by atoms with Gasteiger partial charge in [-0.3, -0.25) is 4.98 Å². The zero-order chi connectivity index (χ0) is 24.3. The van der Waals surface area contributed by atoms with Crippen LogP contribution in [-0.2, 0) is 5.41 Å². The van der Waals surface area contributed by atoms with Crippen molar-refractivity contribution in [3.8, 4) is 22.3 Å². The zero-order valence-corrected chi connectivity index (χ0v) is 21.9. The number of aromatic nitrogens is 1. The predicted molar refractivity (Wildman–Crippen MR) is 153 cm³/mol. The Morgan fingerprint density at radius 3 is 2.25 bits per heavy atom. The molecule has 1 nitrogen and oxygen atoms in total. The Kier molecular flexibility index (Phi) is 5.13. The first-order chi connectivity index (χ1) is 17.6. The summed E-state index contributed by atoms with van der Waals surface area (Å²) in [4.78, 5) is 10.2. The quantitative estimate of drug-likeness (QED) is 0.240. The highest BCUT2D eigenvalue weighted by Crippen LogP contribution is 2.56. The summed E-state index contributed by atoms with van der Waals surface area (Å²) in [6.45, 7) is 4.73. The van der Waals surface area contributed by atoms with Gasteiger partial charge in [0.1, 0.15) is 0 Å². The van der Waals surface area contributed by atoms with E-state index >= 15 is 0 Å².